The maximum absolute atomic E-state index is 13.0. The summed E-state index contributed by atoms with van der Waals surface area (Å²) in [5.41, 5.74) is 1.59. The molecule has 2 aromatic carbocycles. The van der Waals surface area contributed by atoms with Gasteiger partial charge in [-0.15, -0.1) is 0 Å². The Morgan fingerprint density at radius 2 is 1.51 bits per heavy atom. The molecular weight excluding hydrogens is 500 g/mol. The number of likely N-dealkylation sites (tertiary alicyclic amines) is 1. The Labute approximate surface area is 231 Å². The highest BCUT2D eigenvalue weighted by Gasteiger charge is 2.22. The first-order chi connectivity index (χ1) is 18.6. The van der Waals surface area contributed by atoms with Crippen LogP contribution in [0.15, 0.2) is 36.4 Å². The minimum absolute atomic E-state index is 0.0278. The highest BCUT2D eigenvalue weighted by molar-refractivity contribution is 5.95. The molecule has 0 aliphatic carbocycles. The maximum Gasteiger partial charge on any atom is 0.303 e. The van der Waals surface area contributed by atoms with E-state index in [-0.39, 0.29) is 37.2 Å². The molecule has 0 bridgehead atoms. The van der Waals surface area contributed by atoms with Crippen LogP contribution in [0.2, 0.25) is 0 Å². The largest absolute Gasteiger partial charge is 0.497 e. The second kappa shape index (κ2) is 14.6. The highest BCUT2D eigenvalue weighted by atomic mass is 16.5. The number of nitrogens with zero attached hydrogens (tertiary/aromatic N) is 1. The van der Waals surface area contributed by atoms with Gasteiger partial charge in [-0.05, 0) is 76.8 Å². The topological polar surface area (TPSA) is 107 Å². The quantitative estimate of drug-likeness (QED) is 0.325. The Balaban J connectivity index is 1.55. The molecule has 1 saturated heterocycles. The molecule has 39 heavy (non-hydrogen) atoms. The summed E-state index contributed by atoms with van der Waals surface area (Å²) in [6.07, 6.45) is 2.25. The van der Waals surface area contributed by atoms with E-state index in [1.165, 1.54) is 7.11 Å². The number of rotatable bonds is 14. The van der Waals surface area contributed by atoms with Crippen LogP contribution in [0.5, 0.6) is 23.0 Å². The van der Waals surface area contributed by atoms with Crippen molar-refractivity contribution in [3.63, 3.8) is 0 Å². The second-order valence-electron chi connectivity index (χ2n) is 10.4. The monoisotopic (exact) mass is 542 g/mol. The van der Waals surface area contributed by atoms with Crippen molar-refractivity contribution in [1.82, 2.24) is 10.2 Å². The van der Waals surface area contributed by atoms with Gasteiger partial charge in [-0.25, -0.2) is 0 Å². The van der Waals surface area contributed by atoms with E-state index in [9.17, 15) is 9.59 Å². The van der Waals surface area contributed by atoms with E-state index >= 15 is 0 Å². The van der Waals surface area contributed by atoms with Crippen molar-refractivity contribution in [2.75, 3.05) is 26.8 Å². The number of benzene rings is 2. The molecule has 3 rings (SSSR count). The molecule has 2 aromatic rings. The fourth-order valence-electron chi connectivity index (χ4n) is 4.48. The lowest BCUT2D eigenvalue weighted by Gasteiger charge is -2.32. The summed E-state index contributed by atoms with van der Waals surface area (Å²) in [7, 11) is 1.53. The number of piperidine rings is 1. The first kappa shape index (κ1) is 30.1. The molecule has 0 radical (unpaired) electrons. The third-order valence-corrected chi connectivity index (χ3v) is 6.19. The van der Waals surface area contributed by atoms with Crippen LogP contribution in [-0.4, -0.2) is 66.9 Å². The minimum atomic E-state index is -0.867. The fraction of sp³-hybridized carbons (Fsp3) is 0.533. The van der Waals surface area contributed by atoms with E-state index in [4.69, 9.17) is 24.1 Å². The summed E-state index contributed by atoms with van der Waals surface area (Å²) in [4.78, 5) is 26.1. The summed E-state index contributed by atoms with van der Waals surface area (Å²) in [5.74, 6) is 1.55. The van der Waals surface area contributed by atoms with Crippen molar-refractivity contribution < 1.29 is 33.6 Å². The number of hydrogen-bond donors (Lipinski definition) is 2. The van der Waals surface area contributed by atoms with Crippen molar-refractivity contribution in [3.05, 3.63) is 47.5 Å². The second-order valence-corrected chi connectivity index (χ2v) is 10.4. The Hall–Kier alpha value is -3.46. The van der Waals surface area contributed by atoms with Gasteiger partial charge < -0.3 is 29.4 Å². The third-order valence-electron chi connectivity index (χ3n) is 6.19. The number of methoxy groups -OCH3 is 1. The van der Waals surface area contributed by atoms with Gasteiger partial charge in [0.1, 0.15) is 23.0 Å². The molecule has 214 valence electrons. The van der Waals surface area contributed by atoms with E-state index in [1.807, 2.05) is 33.8 Å². The lowest BCUT2D eigenvalue weighted by Crippen LogP contribution is -2.44. The van der Waals surface area contributed by atoms with Gasteiger partial charge >= 0.3 is 5.97 Å². The van der Waals surface area contributed by atoms with Crippen LogP contribution >= 0.6 is 0 Å². The van der Waals surface area contributed by atoms with Gasteiger partial charge in [0.2, 0.25) is 0 Å². The minimum Gasteiger partial charge on any atom is -0.497 e. The number of carbonyl (C=O) groups excluding carboxylic acids is 1. The van der Waals surface area contributed by atoms with Crippen LogP contribution in [0.1, 0.15) is 69.3 Å². The van der Waals surface area contributed by atoms with Crippen LogP contribution in [0, 0.1) is 0 Å². The van der Waals surface area contributed by atoms with E-state index in [1.54, 1.807) is 18.2 Å². The molecule has 0 unspecified atom stereocenters. The Bertz CT molecular complexity index is 1070. The summed E-state index contributed by atoms with van der Waals surface area (Å²) >= 11 is 0. The zero-order valence-electron chi connectivity index (χ0n) is 23.7. The lowest BCUT2D eigenvalue weighted by molar-refractivity contribution is -0.137. The molecule has 0 atom stereocenters. The Morgan fingerprint density at radius 1 is 0.923 bits per heavy atom. The summed E-state index contributed by atoms with van der Waals surface area (Å²) in [6, 6.07) is 11.2. The van der Waals surface area contributed by atoms with Gasteiger partial charge in [0, 0.05) is 49.8 Å². The summed E-state index contributed by atoms with van der Waals surface area (Å²) in [5, 5.41) is 11.9. The van der Waals surface area contributed by atoms with E-state index in [0.29, 0.717) is 23.5 Å². The van der Waals surface area contributed by atoms with Gasteiger partial charge in [-0.2, -0.15) is 0 Å². The predicted molar refractivity (Wildman–Crippen MR) is 149 cm³/mol. The number of carboxylic acids is 1. The van der Waals surface area contributed by atoms with Crippen molar-refractivity contribution in [2.45, 2.75) is 78.2 Å². The van der Waals surface area contributed by atoms with Crippen LogP contribution in [0.4, 0.5) is 0 Å². The standard InChI is InChI=1S/C30H42N2O7/c1-20(2)38-27-13-22(14-28(18-27)39-21(3)4)19-32-10-8-24(9-11-32)31-30(35)23-15-25(36-5)17-26(16-23)37-12-6-7-29(33)34/h13-18,20-21,24H,6-12,19H2,1-5H3,(H,31,35)(H,33,34). The number of hydrogen-bond acceptors (Lipinski definition) is 7. The summed E-state index contributed by atoms with van der Waals surface area (Å²) in [6.45, 7) is 10.8. The average Bonchev–Trinajstić information content (AvgIpc) is 2.86. The lowest BCUT2D eigenvalue weighted by atomic mass is 10.0. The molecule has 0 spiro atoms. The van der Waals surface area contributed by atoms with E-state index in [2.05, 4.69) is 22.3 Å². The number of nitrogens with one attached hydrogen (secondary N) is 1. The molecule has 0 saturated carbocycles. The molecular formula is C30H42N2O7. The molecule has 2 N–H and O–H groups in total. The molecule has 1 fully saturated rings. The van der Waals surface area contributed by atoms with Crippen molar-refractivity contribution >= 4 is 11.9 Å². The van der Waals surface area contributed by atoms with Crippen molar-refractivity contribution in [2.24, 2.45) is 0 Å². The average molecular weight is 543 g/mol. The SMILES string of the molecule is COc1cc(OCCCC(=O)O)cc(C(=O)NC2CCN(Cc3cc(OC(C)C)cc(OC(C)C)c3)CC2)c1. The van der Waals surface area contributed by atoms with Crippen molar-refractivity contribution in [3.8, 4) is 23.0 Å². The Kier molecular flexibility index (Phi) is 11.3. The molecule has 1 heterocycles. The number of ether oxygens (including phenoxy) is 4. The fourth-order valence-corrected chi connectivity index (χ4v) is 4.48. The molecule has 9 heteroatoms. The number of carboxylic acid groups (broad SMARTS) is 1. The first-order valence-corrected chi connectivity index (χ1v) is 13.7. The predicted octanol–water partition coefficient (Wildman–Crippen LogP) is 4.91. The maximum atomic E-state index is 13.0. The van der Waals surface area contributed by atoms with Gasteiger partial charge in [0.25, 0.3) is 5.91 Å². The van der Waals surface area contributed by atoms with E-state index in [0.717, 1.165) is 49.5 Å². The van der Waals surface area contributed by atoms with Gasteiger partial charge in [0.05, 0.1) is 25.9 Å². The summed E-state index contributed by atoms with van der Waals surface area (Å²) < 4.78 is 22.9. The zero-order valence-corrected chi connectivity index (χ0v) is 23.7. The van der Waals surface area contributed by atoms with Crippen molar-refractivity contribution in [1.29, 1.82) is 0 Å². The normalized spacial score (nSPS) is 14.3. The van der Waals surface area contributed by atoms with Gasteiger partial charge in [-0.1, -0.05) is 0 Å². The van der Waals surface area contributed by atoms with Crippen LogP contribution in [0.3, 0.4) is 0 Å². The first-order valence-electron chi connectivity index (χ1n) is 13.7. The highest BCUT2D eigenvalue weighted by Crippen LogP contribution is 2.27. The molecule has 1 aliphatic heterocycles. The smallest absolute Gasteiger partial charge is 0.303 e. The van der Waals surface area contributed by atoms with E-state index < -0.39 is 5.97 Å². The van der Waals surface area contributed by atoms with Gasteiger partial charge in [-0.3, -0.25) is 14.5 Å². The van der Waals surface area contributed by atoms with Crippen LogP contribution in [0.25, 0.3) is 0 Å². The number of amides is 1. The molecule has 9 nitrogen and oxygen atoms in total. The third kappa shape index (κ3) is 10.3. The van der Waals surface area contributed by atoms with Crippen LogP contribution in [-0.2, 0) is 11.3 Å². The molecule has 0 aromatic heterocycles. The number of carbonyl (C=O) groups is 2. The number of aliphatic carboxylic acids is 1. The zero-order chi connectivity index (χ0) is 28.4. The van der Waals surface area contributed by atoms with Gasteiger partial charge in [0.15, 0.2) is 0 Å². The Morgan fingerprint density at radius 3 is 2.08 bits per heavy atom. The molecule has 1 aliphatic rings. The van der Waals surface area contributed by atoms with Crippen LogP contribution < -0.4 is 24.3 Å². The molecule has 1 amide bonds.